The summed E-state index contributed by atoms with van der Waals surface area (Å²) in [6.07, 6.45) is 0.937. The van der Waals surface area contributed by atoms with Gasteiger partial charge in [0.2, 0.25) is 0 Å². The highest BCUT2D eigenvalue weighted by atomic mass is 19.1. The number of pyridine rings is 1. The number of carboxylic acid groups (broad SMARTS) is 1. The van der Waals surface area contributed by atoms with Crippen molar-refractivity contribution in [2.45, 2.75) is 85.6 Å². The normalized spacial score (nSPS) is 15.5. The first-order chi connectivity index (χ1) is 22.3. The number of hydrogen-bond donors (Lipinski definition) is 1. The minimum atomic E-state index is -1.33. The molecule has 3 aromatic carbocycles. The van der Waals surface area contributed by atoms with E-state index in [-0.39, 0.29) is 11.6 Å². The summed E-state index contributed by atoms with van der Waals surface area (Å²) < 4.78 is 41.2. The molecule has 0 radical (unpaired) electrons. The highest BCUT2D eigenvalue weighted by Crippen LogP contribution is 2.45. The Morgan fingerprint density at radius 1 is 0.957 bits per heavy atom. The molecule has 0 saturated heterocycles. The summed E-state index contributed by atoms with van der Waals surface area (Å²) in [7, 11) is 0. The number of carbonyl (C=O) groups is 1. The number of hydrogen-bond acceptors (Lipinski definition) is 5. The molecule has 6 nitrogen and oxygen atoms in total. The molecule has 2 aliphatic rings. The van der Waals surface area contributed by atoms with Crippen molar-refractivity contribution < 1.29 is 28.2 Å². The van der Waals surface area contributed by atoms with Gasteiger partial charge in [0.05, 0.1) is 12.2 Å². The Balaban J connectivity index is 1.48. The Hall–Kier alpha value is -4.14. The van der Waals surface area contributed by atoms with Crippen LogP contribution in [0, 0.1) is 32.4 Å². The average Bonchev–Trinajstić information content (AvgIpc) is 3.00. The Morgan fingerprint density at radius 3 is 2.45 bits per heavy atom. The van der Waals surface area contributed by atoms with E-state index in [1.165, 1.54) is 23.3 Å². The predicted molar refractivity (Wildman–Crippen MR) is 179 cm³/mol. The maximum absolute atomic E-state index is 15.7. The minimum Gasteiger partial charge on any atom is -0.490 e. The van der Waals surface area contributed by atoms with E-state index in [2.05, 4.69) is 23.1 Å². The second kappa shape index (κ2) is 12.8. The van der Waals surface area contributed by atoms with E-state index in [1.54, 1.807) is 13.0 Å². The molecule has 0 aliphatic carbocycles. The van der Waals surface area contributed by atoms with Crippen molar-refractivity contribution in [2.24, 2.45) is 0 Å². The molecule has 47 heavy (non-hydrogen) atoms. The lowest BCUT2D eigenvalue weighted by atomic mass is 9.84. The van der Waals surface area contributed by atoms with Gasteiger partial charge < -0.3 is 14.6 Å². The van der Waals surface area contributed by atoms with E-state index in [4.69, 9.17) is 14.5 Å². The van der Waals surface area contributed by atoms with E-state index in [0.717, 1.165) is 66.0 Å². The molecule has 6 rings (SSSR count). The number of benzene rings is 3. The van der Waals surface area contributed by atoms with Crippen LogP contribution in [0.15, 0.2) is 48.5 Å². The zero-order valence-corrected chi connectivity index (χ0v) is 28.0. The van der Waals surface area contributed by atoms with Crippen LogP contribution in [0.5, 0.6) is 5.75 Å². The summed E-state index contributed by atoms with van der Waals surface area (Å²) in [5.41, 5.74) is 8.96. The summed E-state index contributed by atoms with van der Waals surface area (Å²) in [5, 5.41) is 10.5. The number of aliphatic carboxylic acids is 1. The molecule has 8 heteroatoms. The van der Waals surface area contributed by atoms with Crippen LogP contribution in [0.4, 0.5) is 8.78 Å². The molecule has 3 heterocycles. The first-order valence-corrected chi connectivity index (χ1v) is 16.3. The number of halogens is 2. The number of ether oxygens (including phenoxy) is 2. The second-order valence-electron chi connectivity index (χ2n) is 13.8. The van der Waals surface area contributed by atoms with E-state index >= 15 is 4.39 Å². The maximum Gasteiger partial charge on any atom is 0.337 e. The minimum absolute atomic E-state index is 0.225. The van der Waals surface area contributed by atoms with Crippen LogP contribution >= 0.6 is 0 Å². The van der Waals surface area contributed by atoms with E-state index in [9.17, 15) is 14.3 Å². The Kier molecular flexibility index (Phi) is 8.94. The van der Waals surface area contributed by atoms with Crippen LogP contribution in [0.3, 0.4) is 0 Å². The van der Waals surface area contributed by atoms with Gasteiger partial charge in [-0.2, -0.15) is 0 Å². The quantitative estimate of drug-likeness (QED) is 0.219. The lowest BCUT2D eigenvalue weighted by molar-refractivity contribution is -0.160. The van der Waals surface area contributed by atoms with Gasteiger partial charge in [0.25, 0.3) is 0 Å². The topological polar surface area (TPSA) is 71.9 Å². The monoisotopic (exact) mass is 640 g/mol. The van der Waals surface area contributed by atoms with Gasteiger partial charge in [-0.25, -0.2) is 13.6 Å². The third-order valence-corrected chi connectivity index (χ3v) is 9.10. The molecule has 246 valence electrons. The smallest absolute Gasteiger partial charge is 0.337 e. The van der Waals surface area contributed by atoms with Gasteiger partial charge in [0.15, 0.2) is 17.7 Å². The van der Waals surface area contributed by atoms with Crippen LogP contribution in [-0.4, -0.2) is 39.7 Å². The molecule has 1 N–H and O–H groups in total. The van der Waals surface area contributed by atoms with Crippen molar-refractivity contribution in [3.8, 4) is 28.0 Å². The average molecular weight is 641 g/mol. The summed E-state index contributed by atoms with van der Waals surface area (Å²) >= 11 is 0. The van der Waals surface area contributed by atoms with E-state index in [1.807, 2.05) is 46.8 Å². The fourth-order valence-corrected chi connectivity index (χ4v) is 6.98. The summed E-state index contributed by atoms with van der Waals surface area (Å²) in [6.45, 7) is 13.9. The zero-order chi connectivity index (χ0) is 33.6. The van der Waals surface area contributed by atoms with Crippen molar-refractivity contribution in [1.29, 1.82) is 0 Å². The first-order valence-electron chi connectivity index (χ1n) is 16.3. The molecule has 0 saturated carbocycles. The number of aryl methyl sites for hydroxylation is 4. The number of fused-ring (bicyclic) bond motifs is 2. The molecular weight excluding hydrogens is 598 g/mol. The maximum atomic E-state index is 15.7. The third-order valence-electron chi connectivity index (χ3n) is 9.10. The SMILES string of the molecule is Cc1cc(F)ccc1CN1CCc2cc(-c3c(C)nc(C)c(C(OC(C)(C)C)C(=O)O)c3-c3cc(F)c4c(c3)CCCO4)ccc2C1. The Bertz CT molecular complexity index is 1860. The van der Waals surface area contributed by atoms with Gasteiger partial charge in [-0.05, 0) is 130 Å². The van der Waals surface area contributed by atoms with Gasteiger partial charge in [-0.1, -0.05) is 24.3 Å². The van der Waals surface area contributed by atoms with Crippen molar-refractivity contribution in [1.82, 2.24) is 9.88 Å². The lowest BCUT2D eigenvalue weighted by Gasteiger charge is -2.31. The molecule has 0 spiro atoms. The van der Waals surface area contributed by atoms with Gasteiger partial charge in [-0.15, -0.1) is 0 Å². The molecule has 0 fully saturated rings. The van der Waals surface area contributed by atoms with E-state index in [0.29, 0.717) is 35.4 Å². The van der Waals surface area contributed by atoms with Crippen molar-refractivity contribution in [3.63, 3.8) is 0 Å². The summed E-state index contributed by atoms with van der Waals surface area (Å²) in [5.74, 6) is -1.56. The summed E-state index contributed by atoms with van der Waals surface area (Å²) in [6, 6.07) is 14.7. The number of aromatic nitrogens is 1. The van der Waals surface area contributed by atoms with E-state index < -0.39 is 23.5 Å². The Labute approximate surface area is 275 Å². The molecule has 0 amide bonds. The van der Waals surface area contributed by atoms with Crippen LogP contribution in [0.1, 0.15) is 78.1 Å². The molecule has 1 unspecified atom stereocenters. The molecule has 1 atom stereocenters. The zero-order valence-electron chi connectivity index (χ0n) is 28.0. The van der Waals surface area contributed by atoms with Gasteiger partial charge in [0.1, 0.15) is 5.82 Å². The molecule has 4 aromatic rings. The number of nitrogens with zero attached hydrogens (tertiary/aromatic N) is 2. The molecule has 2 aliphatic heterocycles. The highest BCUT2D eigenvalue weighted by molar-refractivity contribution is 5.91. The van der Waals surface area contributed by atoms with Crippen molar-refractivity contribution in [3.05, 3.63) is 105 Å². The first kappa shape index (κ1) is 32.8. The summed E-state index contributed by atoms with van der Waals surface area (Å²) in [4.78, 5) is 20.1. The fourth-order valence-electron chi connectivity index (χ4n) is 6.98. The van der Waals surface area contributed by atoms with Crippen LogP contribution in [-0.2, 0) is 35.5 Å². The number of rotatable bonds is 7. The van der Waals surface area contributed by atoms with Crippen molar-refractivity contribution >= 4 is 5.97 Å². The third kappa shape index (κ3) is 6.81. The molecule has 1 aromatic heterocycles. The van der Waals surface area contributed by atoms with Gasteiger partial charge in [-0.3, -0.25) is 9.88 Å². The van der Waals surface area contributed by atoms with Crippen LogP contribution in [0.25, 0.3) is 22.3 Å². The van der Waals surface area contributed by atoms with Gasteiger partial charge in [0, 0.05) is 42.1 Å². The highest BCUT2D eigenvalue weighted by Gasteiger charge is 2.34. The lowest BCUT2D eigenvalue weighted by Crippen LogP contribution is -2.30. The standard InChI is InChI=1S/C39H42F2N2O4/c1-22-16-31(40)12-11-28(22)20-43-14-13-25-17-26(9-10-29(25)21-43)33-23(2)42-24(3)34(37(38(44)45)47-39(4,5)6)35(33)30-18-27-8-7-15-46-36(27)32(41)19-30/h9-12,16-19,37H,7-8,13-15,20-21H2,1-6H3,(H,44,45). The number of carboxylic acids is 1. The molecule has 0 bridgehead atoms. The fraction of sp³-hybridized carbons (Fsp3) is 0.385. The Morgan fingerprint density at radius 2 is 1.72 bits per heavy atom. The second-order valence-corrected chi connectivity index (χ2v) is 13.8. The predicted octanol–water partition coefficient (Wildman–Crippen LogP) is 8.44. The molecular formula is C39H42F2N2O4. The van der Waals surface area contributed by atoms with Gasteiger partial charge >= 0.3 is 5.97 Å². The largest absolute Gasteiger partial charge is 0.490 e. The van der Waals surface area contributed by atoms with Crippen molar-refractivity contribution in [2.75, 3.05) is 13.2 Å². The van der Waals surface area contributed by atoms with Crippen LogP contribution < -0.4 is 4.74 Å². The van der Waals surface area contributed by atoms with Crippen LogP contribution in [0.2, 0.25) is 0 Å².